The van der Waals surface area contributed by atoms with E-state index in [-0.39, 0.29) is 11.6 Å². The molecule has 1 fully saturated rings. The first-order valence-electron chi connectivity index (χ1n) is 6.61. The quantitative estimate of drug-likeness (QED) is 0.772. The molecule has 98 valence electrons. The van der Waals surface area contributed by atoms with Crippen LogP contribution in [0.5, 0.6) is 0 Å². The zero-order valence-corrected chi connectivity index (χ0v) is 12.0. The fourth-order valence-corrected chi connectivity index (χ4v) is 3.03. The van der Waals surface area contributed by atoms with Crippen molar-refractivity contribution in [3.8, 4) is 0 Å². The van der Waals surface area contributed by atoms with Gasteiger partial charge in [0.1, 0.15) is 11.6 Å². The van der Waals surface area contributed by atoms with Crippen LogP contribution in [0.4, 0.5) is 4.39 Å². The number of ketones is 1. The number of benzene rings is 1. The van der Waals surface area contributed by atoms with Crippen molar-refractivity contribution in [2.45, 2.75) is 44.9 Å². The second-order valence-corrected chi connectivity index (χ2v) is 5.99. The molecule has 1 aliphatic rings. The largest absolute Gasteiger partial charge is 0.299 e. The van der Waals surface area contributed by atoms with E-state index in [0.29, 0.717) is 12.8 Å². The van der Waals surface area contributed by atoms with Crippen LogP contribution in [0.2, 0.25) is 0 Å². The molecule has 0 saturated heterocycles. The third-order valence-corrected chi connectivity index (χ3v) is 4.48. The third kappa shape index (κ3) is 3.91. The number of rotatable bonds is 5. The fourth-order valence-electron chi connectivity index (χ4n) is 2.64. The van der Waals surface area contributed by atoms with E-state index in [4.69, 9.17) is 0 Å². The molecule has 0 unspecified atom stereocenters. The van der Waals surface area contributed by atoms with E-state index in [9.17, 15) is 9.18 Å². The van der Waals surface area contributed by atoms with Crippen LogP contribution < -0.4 is 0 Å². The molecule has 0 N–H and O–H groups in total. The smallest absolute Gasteiger partial charge is 0.137 e. The number of hydrogen-bond donors (Lipinski definition) is 0. The molecule has 1 nitrogen and oxygen atoms in total. The second-order valence-electron chi connectivity index (χ2n) is 5.14. The first-order valence-corrected chi connectivity index (χ1v) is 7.40. The predicted octanol–water partition coefficient (Wildman–Crippen LogP) is 4.67. The molecular formula is C15H18BrFO. The van der Waals surface area contributed by atoms with Crippen molar-refractivity contribution in [1.29, 1.82) is 0 Å². The molecule has 3 heteroatoms. The Morgan fingerprint density at radius 1 is 1.33 bits per heavy atom. The summed E-state index contributed by atoms with van der Waals surface area (Å²) in [6.45, 7) is 0. The van der Waals surface area contributed by atoms with E-state index in [1.807, 2.05) is 0 Å². The predicted molar refractivity (Wildman–Crippen MR) is 74.0 cm³/mol. The first kappa shape index (κ1) is 13.7. The average Bonchev–Trinajstić information content (AvgIpc) is 2.84. The van der Waals surface area contributed by atoms with Crippen LogP contribution in [-0.4, -0.2) is 5.78 Å². The van der Waals surface area contributed by atoms with Crippen LogP contribution in [0, 0.1) is 11.7 Å². The Kier molecular flexibility index (Phi) is 4.93. The molecule has 0 radical (unpaired) electrons. The molecule has 0 heterocycles. The van der Waals surface area contributed by atoms with Crippen molar-refractivity contribution in [3.63, 3.8) is 0 Å². The second kappa shape index (κ2) is 6.46. The van der Waals surface area contributed by atoms with Gasteiger partial charge in [-0.1, -0.05) is 41.6 Å². The van der Waals surface area contributed by atoms with Gasteiger partial charge in [-0.05, 0) is 36.1 Å². The van der Waals surface area contributed by atoms with E-state index in [1.165, 1.54) is 37.8 Å². The van der Waals surface area contributed by atoms with Crippen LogP contribution in [0.25, 0.3) is 0 Å². The molecule has 0 aromatic heterocycles. The molecule has 1 saturated carbocycles. The Bertz CT molecular complexity index is 425. The lowest BCUT2D eigenvalue weighted by molar-refractivity contribution is -0.118. The SMILES string of the molecule is O=C(CCC1CCCC1)Cc1cc(F)ccc1Br. The summed E-state index contributed by atoms with van der Waals surface area (Å²) in [6, 6.07) is 4.50. The summed E-state index contributed by atoms with van der Waals surface area (Å²) in [5.41, 5.74) is 0.756. The van der Waals surface area contributed by atoms with Crippen LogP contribution in [0.1, 0.15) is 44.1 Å². The molecule has 1 aromatic carbocycles. The third-order valence-electron chi connectivity index (χ3n) is 3.70. The molecule has 0 atom stereocenters. The molecule has 18 heavy (non-hydrogen) atoms. The van der Waals surface area contributed by atoms with Gasteiger partial charge in [-0.15, -0.1) is 0 Å². The minimum absolute atomic E-state index is 0.216. The van der Waals surface area contributed by atoms with Gasteiger partial charge < -0.3 is 0 Å². The van der Waals surface area contributed by atoms with Gasteiger partial charge in [-0.3, -0.25) is 4.79 Å². The summed E-state index contributed by atoms with van der Waals surface area (Å²) in [5, 5.41) is 0. The maximum absolute atomic E-state index is 13.1. The molecule has 2 rings (SSSR count). The lowest BCUT2D eigenvalue weighted by atomic mass is 9.97. The standard InChI is InChI=1S/C15H18BrFO/c16-15-8-6-13(17)9-12(15)10-14(18)7-5-11-3-1-2-4-11/h6,8-9,11H,1-5,7,10H2. The Balaban J connectivity index is 1.84. The van der Waals surface area contributed by atoms with Gasteiger partial charge in [0.05, 0.1) is 0 Å². The topological polar surface area (TPSA) is 17.1 Å². The molecule has 1 aromatic rings. The van der Waals surface area contributed by atoms with E-state index < -0.39 is 0 Å². The van der Waals surface area contributed by atoms with Crippen LogP contribution >= 0.6 is 15.9 Å². The van der Waals surface area contributed by atoms with Gasteiger partial charge in [-0.2, -0.15) is 0 Å². The number of carbonyl (C=O) groups is 1. The highest BCUT2D eigenvalue weighted by Gasteiger charge is 2.16. The Morgan fingerprint density at radius 2 is 2.06 bits per heavy atom. The molecule has 0 bridgehead atoms. The van der Waals surface area contributed by atoms with E-state index in [0.717, 1.165) is 22.4 Å². The normalized spacial score (nSPS) is 16.1. The minimum Gasteiger partial charge on any atom is -0.299 e. The number of carbonyl (C=O) groups excluding carboxylic acids is 1. The maximum atomic E-state index is 13.1. The number of Topliss-reactive ketones (excluding diaryl/α,β-unsaturated/α-hetero) is 1. The summed E-state index contributed by atoms with van der Waals surface area (Å²) >= 11 is 3.36. The average molecular weight is 313 g/mol. The van der Waals surface area contributed by atoms with Gasteiger partial charge >= 0.3 is 0 Å². The van der Waals surface area contributed by atoms with Gasteiger partial charge in [0, 0.05) is 17.3 Å². The Labute approximate surface area is 116 Å². The molecule has 0 aliphatic heterocycles. The van der Waals surface area contributed by atoms with Crippen molar-refractivity contribution in [2.24, 2.45) is 5.92 Å². The summed E-state index contributed by atoms with van der Waals surface area (Å²) in [6.07, 6.45) is 7.15. The van der Waals surface area contributed by atoms with E-state index >= 15 is 0 Å². The summed E-state index contributed by atoms with van der Waals surface area (Å²) in [5.74, 6) is 0.676. The lowest BCUT2D eigenvalue weighted by Crippen LogP contribution is -2.06. The van der Waals surface area contributed by atoms with Crippen molar-refractivity contribution in [2.75, 3.05) is 0 Å². The summed E-state index contributed by atoms with van der Waals surface area (Å²) in [4.78, 5) is 11.9. The minimum atomic E-state index is -0.281. The number of hydrogen-bond acceptors (Lipinski definition) is 1. The monoisotopic (exact) mass is 312 g/mol. The highest BCUT2D eigenvalue weighted by molar-refractivity contribution is 9.10. The molecule has 0 spiro atoms. The Hall–Kier alpha value is -0.700. The van der Waals surface area contributed by atoms with Crippen LogP contribution in [0.15, 0.2) is 22.7 Å². The van der Waals surface area contributed by atoms with Gasteiger partial charge in [0.15, 0.2) is 0 Å². The number of halogens is 2. The highest BCUT2D eigenvalue weighted by atomic mass is 79.9. The molecular weight excluding hydrogens is 295 g/mol. The maximum Gasteiger partial charge on any atom is 0.137 e. The van der Waals surface area contributed by atoms with Gasteiger partial charge in [0.2, 0.25) is 0 Å². The van der Waals surface area contributed by atoms with Crippen molar-refractivity contribution in [3.05, 3.63) is 34.1 Å². The van der Waals surface area contributed by atoms with Crippen LogP contribution in [0.3, 0.4) is 0 Å². The zero-order chi connectivity index (χ0) is 13.0. The fraction of sp³-hybridized carbons (Fsp3) is 0.533. The van der Waals surface area contributed by atoms with Crippen molar-refractivity contribution >= 4 is 21.7 Å². The van der Waals surface area contributed by atoms with Crippen LogP contribution in [-0.2, 0) is 11.2 Å². The lowest BCUT2D eigenvalue weighted by Gasteiger charge is -2.08. The Morgan fingerprint density at radius 3 is 2.78 bits per heavy atom. The zero-order valence-electron chi connectivity index (χ0n) is 10.4. The molecule has 0 amide bonds. The molecule has 1 aliphatic carbocycles. The highest BCUT2D eigenvalue weighted by Crippen LogP contribution is 2.29. The van der Waals surface area contributed by atoms with E-state index in [2.05, 4.69) is 15.9 Å². The summed E-state index contributed by atoms with van der Waals surface area (Å²) in [7, 11) is 0. The van der Waals surface area contributed by atoms with Gasteiger partial charge in [-0.25, -0.2) is 4.39 Å². The van der Waals surface area contributed by atoms with Gasteiger partial charge in [0.25, 0.3) is 0 Å². The van der Waals surface area contributed by atoms with Crippen molar-refractivity contribution in [1.82, 2.24) is 0 Å². The summed E-state index contributed by atoms with van der Waals surface area (Å²) < 4.78 is 13.9. The van der Waals surface area contributed by atoms with Crippen molar-refractivity contribution < 1.29 is 9.18 Å². The van der Waals surface area contributed by atoms with E-state index in [1.54, 1.807) is 6.07 Å². The first-order chi connectivity index (χ1) is 8.65.